The number of anilines is 1. The van der Waals surface area contributed by atoms with Crippen LogP contribution in [0.25, 0.3) is 0 Å². The van der Waals surface area contributed by atoms with Crippen LogP contribution in [-0.4, -0.2) is 23.0 Å². The van der Waals surface area contributed by atoms with Gasteiger partial charge in [0.15, 0.2) is 0 Å². The Bertz CT molecular complexity index is 540. The maximum atomic E-state index is 11.6. The number of halogens is 1. The zero-order valence-electron chi connectivity index (χ0n) is 9.74. The fourth-order valence-electron chi connectivity index (χ4n) is 1.52. The fraction of sp³-hybridized carbons (Fsp3) is 0.167. The lowest BCUT2D eigenvalue weighted by atomic mass is 10.1. The van der Waals surface area contributed by atoms with Crippen molar-refractivity contribution in [3.05, 3.63) is 47.0 Å². The summed E-state index contributed by atoms with van der Waals surface area (Å²) in [5.74, 6) is -0.404. The number of nitrogens with one attached hydrogen (secondary N) is 2. The van der Waals surface area contributed by atoms with Gasteiger partial charge in [-0.1, -0.05) is 11.6 Å². The highest BCUT2D eigenvalue weighted by atomic mass is 35.5. The minimum absolute atomic E-state index is 0.404. The average molecular weight is 266 g/mol. The second-order valence-electron chi connectivity index (χ2n) is 3.61. The molecule has 1 aromatic carbocycles. The van der Waals surface area contributed by atoms with E-state index in [1.165, 1.54) is 7.11 Å². The molecule has 2 N–H and O–H groups in total. The van der Waals surface area contributed by atoms with Crippen molar-refractivity contribution in [1.82, 2.24) is 9.97 Å². The van der Waals surface area contributed by atoms with Crippen LogP contribution >= 0.6 is 11.6 Å². The van der Waals surface area contributed by atoms with E-state index >= 15 is 0 Å². The van der Waals surface area contributed by atoms with Gasteiger partial charge in [0.2, 0.25) is 0 Å². The van der Waals surface area contributed by atoms with Crippen LogP contribution in [0.15, 0.2) is 30.7 Å². The zero-order chi connectivity index (χ0) is 13.0. The molecule has 0 aliphatic rings. The van der Waals surface area contributed by atoms with E-state index in [-0.39, 0.29) is 0 Å². The number of nitrogens with zero attached hydrogens (tertiary/aromatic N) is 1. The summed E-state index contributed by atoms with van der Waals surface area (Å²) in [6.07, 6.45) is 3.30. The van der Waals surface area contributed by atoms with Crippen LogP contribution in [0, 0.1) is 0 Å². The molecule has 0 aliphatic carbocycles. The van der Waals surface area contributed by atoms with Gasteiger partial charge in [-0.2, -0.15) is 0 Å². The summed E-state index contributed by atoms with van der Waals surface area (Å²) in [7, 11) is 1.34. The van der Waals surface area contributed by atoms with E-state index in [0.29, 0.717) is 22.8 Å². The minimum atomic E-state index is -0.404. The van der Waals surface area contributed by atoms with Gasteiger partial charge in [0.1, 0.15) is 0 Å². The number of hydrogen-bond donors (Lipinski definition) is 2. The molecule has 18 heavy (non-hydrogen) atoms. The van der Waals surface area contributed by atoms with Crippen LogP contribution in [0.4, 0.5) is 5.69 Å². The number of ether oxygens (including phenoxy) is 1. The molecule has 1 aromatic heterocycles. The van der Waals surface area contributed by atoms with Gasteiger partial charge in [-0.15, -0.1) is 0 Å². The predicted molar refractivity (Wildman–Crippen MR) is 68.7 cm³/mol. The Labute approximate surface area is 109 Å². The molecule has 94 valence electrons. The van der Waals surface area contributed by atoms with E-state index in [0.717, 1.165) is 5.69 Å². The van der Waals surface area contributed by atoms with E-state index in [1.54, 1.807) is 30.7 Å². The number of carbonyl (C=O) groups excluding carboxylic acids is 1. The lowest BCUT2D eigenvalue weighted by Crippen LogP contribution is -2.08. The van der Waals surface area contributed by atoms with Crippen LogP contribution < -0.4 is 5.32 Å². The number of aromatic amines is 1. The maximum Gasteiger partial charge on any atom is 0.339 e. The second-order valence-corrected chi connectivity index (χ2v) is 4.05. The van der Waals surface area contributed by atoms with Crippen LogP contribution in [0.5, 0.6) is 0 Å². The number of rotatable bonds is 4. The van der Waals surface area contributed by atoms with Gasteiger partial charge in [-0.3, -0.25) is 0 Å². The summed E-state index contributed by atoms with van der Waals surface area (Å²) in [5, 5.41) is 3.67. The first-order valence-electron chi connectivity index (χ1n) is 5.29. The van der Waals surface area contributed by atoms with E-state index in [9.17, 15) is 4.79 Å². The molecular weight excluding hydrogens is 254 g/mol. The van der Waals surface area contributed by atoms with Gasteiger partial charge < -0.3 is 15.0 Å². The maximum absolute atomic E-state index is 11.6. The number of methoxy groups -OCH3 is 1. The molecular formula is C12H12ClN3O2. The van der Waals surface area contributed by atoms with Crippen LogP contribution in [0.1, 0.15) is 16.1 Å². The van der Waals surface area contributed by atoms with Crippen molar-refractivity contribution in [1.29, 1.82) is 0 Å². The molecule has 0 unspecified atom stereocenters. The predicted octanol–water partition coefficient (Wildman–Crippen LogP) is 2.46. The Kier molecular flexibility index (Phi) is 3.84. The van der Waals surface area contributed by atoms with Gasteiger partial charge in [-0.05, 0) is 18.2 Å². The van der Waals surface area contributed by atoms with Gasteiger partial charge in [0, 0.05) is 11.2 Å². The monoisotopic (exact) mass is 265 g/mol. The fourth-order valence-corrected chi connectivity index (χ4v) is 1.69. The second kappa shape index (κ2) is 5.55. The first-order chi connectivity index (χ1) is 8.70. The molecule has 0 amide bonds. The normalized spacial score (nSPS) is 10.1. The number of benzene rings is 1. The Balaban J connectivity index is 2.19. The third-order valence-corrected chi connectivity index (χ3v) is 2.65. The van der Waals surface area contributed by atoms with Crippen LogP contribution in [0.2, 0.25) is 5.02 Å². The highest BCUT2D eigenvalue weighted by Gasteiger charge is 2.12. The highest BCUT2D eigenvalue weighted by Crippen LogP contribution is 2.22. The number of aromatic nitrogens is 2. The Morgan fingerprint density at radius 2 is 2.39 bits per heavy atom. The molecule has 6 heteroatoms. The molecule has 0 radical (unpaired) electrons. The molecule has 0 atom stereocenters. The average Bonchev–Trinajstić information content (AvgIpc) is 2.88. The molecule has 1 heterocycles. The SMILES string of the molecule is COC(=O)c1ccc(Cl)cc1NCc1cnc[nH]1. The zero-order valence-corrected chi connectivity index (χ0v) is 10.5. The number of H-pyrrole nitrogens is 1. The third kappa shape index (κ3) is 2.81. The first-order valence-corrected chi connectivity index (χ1v) is 5.67. The number of imidazole rings is 1. The number of esters is 1. The van der Waals surface area contributed by atoms with Gasteiger partial charge >= 0.3 is 5.97 Å². The standard InChI is InChI=1S/C12H12ClN3O2/c1-18-12(17)10-3-2-8(13)4-11(10)15-6-9-5-14-7-16-9/h2-5,7,15H,6H2,1H3,(H,14,16). The van der Waals surface area contributed by atoms with E-state index < -0.39 is 5.97 Å². The summed E-state index contributed by atoms with van der Waals surface area (Å²) in [5.41, 5.74) is 1.98. The number of carbonyl (C=O) groups is 1. The Morgan fingerprint density at radius 3 is 3.06 bits per heavy atom. The third-order valence-electron chi connectivity index (χ3n) is 2.41. The van der Waals surface area contributed by atoms with Gasteiger partial charge in [0.25, 0.3) is 0 Å². The van der Waals surface area contributed by atoms with Gasteiger partial charge in [0.05, 0.1) is 36.9 Å². The summed E-state index contributed by atoms with van der Waals surface area (Å²) >= 11 is 5.91. The van der Waals surface area contributed by atoms with Crippen molar-refractivity contribution in [2.45, 2.75) is 6.54 Å². The smallest absolute Gasteiger partial charge is 0.339 e. The molecule has 0 aliphatic heterocycles. The molecule has 0 saturated carbocycles. The minimum Gasteiger partial charge on any atom is -0.465 e. The van der Waals surface area contributed by atoms with E-state index in [1.807, 2.05) is 0 Å². The van der Waals surface area contributed by atoms with Crippen molar-refractivity contribution in [2.24, 2.45) is 0 Å². The Morgan fingerprint density at radius 1 is 1.56 bits per heavy atom. The summed E-state index contributed by atoms with van der Waals surface area (Å²) in [6.45, 7) is 0.518. The van der Waals surface area contributed by atoms with Gasteiger partial charge in [-0.25, -0.2) is 9.78 Å². The quantitative estimate of drug-likeness (QED) is 0.834. The van der Waals surface area contributed by atoms with E-state index in [4.69, 9.17) is 16.3 Å². The number of hydrogen-bond acceptors (Lipinski definition) is 4. The van der Waals surface area contributed by atoms with Crippen LogP contribution in [0.3, 0.4) is 0 Å². The lowest BCUT2D eigenvalue weighted by molar-refractivity contribution is 0.0602. The highest BCUT2D eigenvalue weighted by molar-refractivity contribution is 6.31. The van der Waals surface area contributed by atoms with Crippen LogP contribution in [-0.2, 0) is 11.3 Å². The Hall–Kier alpha value is -2.01. The molecule has 2 rings (SSSR count). The van der Waals surface area contributed by atoms with E-state index in [2.05, 4.69) is 15.3 Å². The first kappa shape index (κ1) is 12.4. The summed E-state index contributed by atoms with van der Waals surface area (Å²) in [4.78, 5) is 18.5. The molecule has 2 aromatic rings. The molecule has 5 nitrogen and oxygen atoms in total. The molecule has 0 saturated heterocycles. The topological polar surface area (TPSA) is 67.0 Å². The summed E-state index contributed by atoms with van der Waals surface area (Å²) in [6, 6.07) is 4.96. The molecule has 0 fully saturated rings. The van der Waals surface area contributed by atoms with Crippen molar-refractivity contribution >= 4 is 23.3 Å². The van der Waals surface area contributed by atoms with Crippen molar-refractivity contribution < 1.29 is 9.53 Å². The molecule has 0 bridgehead atoms. The van der Waals surface area contributed by atoms with Crippen molar-refractivity contribution in [3.8, 4) is 0 Å². The molecule has 0 spiro atoms. The van der Waals surface area contributed by atoms with Crippen molar-refractivity contribution in [2.75, 3.05) is 12.4 Å². The van der Waals surface area contributed by atoms with Crippen molar-refractivity contribution in [3.63, 3.8) is 0 Å². The largest absolute Gasteiger partial charge is 0.465 e. The summed E-state index contributed by atoms with van der Waals surface area (Å²) < 4.78 is 4.71. The lowest BCUT2D eigenvalue weighted by Gasteiger charge is -2.10.